The highest BCUT2D eigenvalue weighted by Crippen LogP contribution is 2.37. The average molecular weight is 467 g/mol. The lowest BCUT2D eigenvalue weighted by atomic mass is 9.96. The van der Waals surface area contributed by atoms with Crippen LogP contribution in [0.1, 0.15) is 29.7 Å². The molecule has 1 atom stereocenters. The molecule has 0 radical (unpaired) electrons. The Morgan fingerprint density at radius 2 is 1.89 bits per heavy atom. The molecule has 2 N–H and O–H groups in total. The number of fused-ring (bicyclic) bond motifs is 1. The Balaban J connectivity index is 1.59. The van der Waals surface area contributed by atoms with E-state index in [-0.39, 0.29) is 5.91 Å². The first-order chi connectivity index (χ1) is 17.0. The molecule has 0 spiro atoms. The van der Waals surface area contributed by atoms with Crippen LogP contribution in [0.3, 0.4) is 0 Å². The van der Waals surface area contributed by atoms with E-state index in [4.69, 9.17) is 14.8 Å². The van der Waals surface area contributed by atoms with Gasteiger partial charge in [-0.3, -0.25) is 9.78 Å². The van der Waals surface area contributed by atoms with E-state index < -0.39 is 6.04 Å². The molecule has 0 saturated heterocycles. The molecule has 35 heavy (non-hydrogen) atoms. The van der Waals surface area contributed by atoms with Crippen molar-refractivity contribution in [2.75, 3.05) is 17.7 Å². The van der Waals surface area contributed by atoms with Gasteiger partial charge in [0.2, 0.25) is 5.95 Å². The van der Waals surface area contributed by atoms with Crippen LogP contribution in [0.2, 0.25) is 0 Å². The number of nitrogens with one attached hydrogen (secondary N) is 2. The third kappa shape index (κ3) is 4.14. The maximum Gasteiger partial charge on any atom is 0.255 e. The summed E-state index contributed by atoms with van der Waals surface area (Å²) in [6.45, 7) is 6.01. The fourth-order valence-electron chi connectivity index (χ4n) is 4.23. The standard InChI is InChI=1S/C27H26N6O2/c1-16-11-12-19(14-17(16)2)25-31-27-29-18(3)23(24(33(27)32-25)20-8-7-13-28-15-20)26(34)30-21-9-5-6-10-22(21)35-4/h5-15,24H,1-4H3,(H,30,34)(H,29,31,32). The predicted molar refractivity (Wildman–Crippen MR) is 135 cm³/mol. The van der Waals surface area contributed by atoms with Crippen LogP contribution in [-0.2, 0) is 4.79 Å². The third-order valence-electron chi connectivity index (χ3n) is 6.22. The number of hydrogen-bond donors (Lipinski definition) is 2. The second-order valence-electron chi connectivity index (χ2n) is 8.51. The number of allylic oxidation sites excluding steroid dienone is 1. The van der Waals surface area contributed by atoms with Gasteiger partial charge in [0, 0.05) is 23.7 Å². The lowest BCUT2D eigenvalue weighted by molar-refractivity contribution is -0.113. The number of rotatable bonds is 5. The van der Waals surface area contributed by atoms with E-state index >= 15 is 0 Å². The largest absolute Gasteiger partial charge is 0.495 e. The summed E-state index contributed by atoms with van der Waals surface area (Å²) in [7, 11) is 1.58. The minimum Gasteiger partial charge on any atom is -0.495 e. The molecule has 1 aliphatic rings. The van der Waals surface area contributed by atoms with Crippen LogP contribution in [0.5, 0.6) is 5.75 Å². The average Bonchev–Trinajstić information content (AvgIpc) is 3.29. The van der Waals surface area contributed by atoms with E-state index in [9.17, 15) is 4.79 Å². The van der Waals surface area contributed by atoms with Gasteiger partial charge in [-0.1, -0.05) is 30.3 Å². The summed E-state index contributed by atoms with van der Waals surface area (Å²) >= 11 is 0. The maximum atomic E-state index is 13.7. The summed E-state index contributed by atoms with van der Waals surface area (Å²) in [5, 5.41) is 11.1. The van der Waals surface area contributed by atoms with Crippen molar-refractivity contribution in [2.24, 2.45) is 0 Å². The molecule has 8 heteroatoms. The molecule has 3 heterocycles. The number of aryl methyl sites for hydroxylation is 2. The van der Waals surface area contributed by atoms with Crippen LogP contribution in [0, 0.1) is 13.8 Å². The van der Waals surface area contributed by atoms with Gasteiger partial charge in [-0.15, -0.1) is 5.10 Å². The smallest absolute Gasteiger partial charge is 0.255 e. The minimum atomic E-state index is -0.512. The summed E-state index contributed by atoms with van der Waals surface area (Å²) in [6, 6.07) is 16.7. The van der Waals surface area contributed by atoms with E-state index in [2.05, 4.69) is 41.6 Å². The maximum absolute atomic E-state index is 13.7. The number of carbonyl (C=O) groups excluding carboxylic acids is 1. The third-order valence-corrected chi connectivity index (χ3v) is 6.22. The first-order valence-electron chi connectivity index (χ1n) is 11.3. The lowest BCUT2D eigenvalue weighted by Crippen LogP contribution is -2.31. The number of pyridine rings is 1. The molecule has 8 nitrogen and oxygen atoms in total. The molecule has 0 fully saturated rings. The van der Waals surface area contributed by atoms with Gasteiger partial charge in [0.15, 0.2) is 5.82 Å². The molecule has 1 unspecified atom stereocenters. The molecule has 2 aromatic carbocycles. The molecule has 2 aromatic heterocycles. The van der Waals surface area contributed by atoms with Crippen LogP contribution in [0.4, 0.5) is 11.6 Å². The molecular formula is C27H26N6O2. The van der Waals surface area contributed by atoms with Gasteiger partial charge in [0.25, 0.3) is 5.91 Å². The molecular weight excluding hydrogens is 440 g/mol. The van der Waals surface area contributed by atoms with Crippen molar-refractivity contribution in [3.05, 3.63) is 95.0 Å². The summed E-state index contributed by atoms with van der Waals surface area (Å²) in [5.74, 6) is 1.48. The summed E-state index contributed by atoms with van der Waals surface area (Å²) in [6.07, 6.45) is 3.46. The Hall–Kier alpha value is -4.46. The van der Waals surface area contributed by atoms with E-state index in [1.54, 1.807) is 36.3 Å². The number of anilines is 2. The molecule has 4 aromatic rings. The van der Waals surface area contributed by atoms with Gasteiger partial charge in [-0.25, -0.2) is 4.68 Å². The molecule has 0 aliphatic carbocycles. The van der Waals surface area contributed by atoms with Gasteiger partial charge in [-0.05, 0) is 61.7 Å². The van der Waals surface area contributed by atoms with Crippen molar-refractivity contribution < 1.29 is 9.53 Å². The Labute approximate surface area is 203 Å². The number of benzene rings is 2. The molecule has 1 aliphatic heterocycles. The van der Waals surface area contributed by atoms with Crippen molar-refractivity contribution in [2.45, 2.75) is 26.8 Å². The van der Waals surface area contributed by atoms with Crippen molar-refractivity contribution in [1.82, 2.24) is 19.7 Å². The Morgan fingerprint density at radius 3 is 2.63 bits per heavy atom. The quantitative estimate of drug-likeness (QED) is 0.435. The fourth-order valence-corrected chi connectivity index (χ4v) is 4.23. The zero-order chi connectivity index (χ0) is 24.5. The monoisotopic (exact) mass is 466 g/mol. The molecule has 176 valence electrons. The van der Waals surface area contributed by atoms with E-state index in [0.717, 1.165) is 11.1 Å². The van der Waals surface area contributed by atoms with Crippen LogP contribution in [-0.4, -0.2) is 32.8 Å². The van der Waals surface area contributed by atoms with Crippen molar-refractivity contribution in [3.63, 3.8) is 0 Å². The molecule has 0 saturated carbocycles. The number of aromatic nitrogens is 4. The molecule has 5 rings (SSSR count). The topological polar surface area (TPSA) is 94.0 Å². The first kappa shape index (κ1) is 22.3. The van der Waals surface area contributed by atoms with Gasteiger partial charge in [0.05, 0.1) is 18.4 Å². The Morgan fingerprint density at radius 1 is 1.06 bits per heavy atom. The van der Waals surface area contributed by atoms with Crippen LogP contribution in [0.25, 0.3) is 11.4 Å². The summed E-state index contributed by atoms with van der Waals surface area (Å²) < 4.78 is 7.17. The van der Waals surface area contributed by atoms with Crippen molar-refractivity contribution >= 4 is 17.5 Å². The number of amides is 1. The van der Waals surface area contributed by atoms with Crippen molar-refractivity contribution in [3.8, 4) is 17.1 Å². The highest BCUT2D eigenvalue weighted by molar-refractivity contribution is 6.06. The predicted octanol–water partition coefficient (Wildman–Crippen LogP) is 4.89. The van der Waals surface area contributed by atoms with Crippen molar-refractivity contribution in [1.29, 1.82) is 0 Å². The van der Waals surface area contributed by atoms with E-state index in [1.807, 2.05) is 37.3 Å². The number of carbonyl (C=O) groups is 1. The summed E-state index contributed by atoms with van der Waals surface area (Å²) in [5.41, 5.74) is 5.92. The zero-order valence-corrected chi connectivity index (χ0v) is 20.0. The van der Waals surface area contributed by atoms with Crippen LogP contribution in [0.15, 0.2) is 78.3 Å². The number of ether oxygens (including phenoxy) is 1. The normalized spacial score (nSPS) is 14.8. The number of para-hydroxylation sites is 2. The Kier molecular flexibility index (Phi) is 5.78. The van der Waals surface area contributed by atoms with Gasteiger partial charge < -0.3 is 15.4 Å². The lowest BCUT2D eigenvalue weighted by Gasteiger charge is -2.28. The van der Waals surface area contributed by atoms with Gasteiger partial charge in [-0.2, -0.15) is 4.98 Å². The van der Waals surface area contributed by atoms with Gasteiger partial charge in [0.1, 0.15) is 11.8 Å². The first-order valence-corrected chi connectivity index (χ1v) is 11.3. The second-order valence-corrected chi connectivity index (χ2v) is 8.51. The molecule has 0 bridgehead atoms. The zero-order valence-electron chi connectivity index (χ0n) is 20.0. The highest BCUT2D eigenvalue weighted by atomic mass is 16.5. The van der Waals surface area contributed by atoms with Crippen LogP contribution < -0.4 is 15.4 Å². The Bertz CT molecular complexity index is 1440. The van der Waals surface area contributed by atoms with E-state index in [1.165, 1.54) is 11.1 Å². The SMILES string of the molecule is COc1ccccc1NC(=O)C1=C(C)Nc2nc(-c3ccc(C)c(C)c3)nn2C1c1cccnc1. The van der Waals surface area contributed by atoms with Gasteiger partial charge >= 0.3 is 0 Å². The van der Waals surface area contributed by atoms with E-state index in [0.29, 0.717) is 34.5 Å². The minimum absolute atomic E-state index is 0.262. The number of hydrogen-bond acceptors (Lipinski definition) is 6. The number of methoxy groups -OCH3 is 1. The van der Waals surface area contributed by atoms with Crippen LogP contribution >= 0.6 is 0 Å². The highest BCUT2D eigenvalue weighted by Gasteiger charge is 2.35. The summed E-state index contributed by atoms with van der Waals surface area (Å²) in [4.78, 5) is 22.7. The molecule has 1 amide bonds. The second kappa shape index (κ2) is 9.06. The fraction of sp³-hybridized carbons (Fsp3) is 0.185. The number of nitrogens with zero attached hydrogens (tertiary/aromatic N) is 4.